The Morgan fingerprint density at radius 1 is 1.00 bits per heavy atom. The lowest BCUT2D eigenvalue weighted by molar-refractivity contribution is -0.141. The molecule has 3 aliphatic rings. The maximum atomic E-state index is 12.9. The molecule has 2 N–H and O–H groups in total. The van der Waals surface area contributed by atoms with E-state index in [0.717, 1.165) is 16.7 Å². The molecule has 164 valence electrons. The van der Waals surface area contributed by atoms with Crippen LogP contribution in [-0.4, -0.2) is 50.4 Å². The van der Waals surface area contributed by atoms with Gasteiger partial charge in [0.15, 0.2) is 23.0 Å². The minimum atomic E-state index is -0.441. The van der Waals surface area contributed by atoms with Gasteiger partial charge in [-0.2, -0.15) is 0 Å². The molecule has 1 fully saturated rings. The zero-order valence-electron chi connectivity index (χ0n) is 17.3. The second-order valence-corrected chi connectivity index (χ2v) is 8.02. The molecule has 2 aliphatic heterocycles. The van der Waals surface area contributed by atoms with Crippen molar-refractivity contribution in [2.24, 2.45) is 11.8 Å². The maximum Gasteiger partial charge on any atom is 0.310 e. The van der Waals surface area contributed by atoms with Crippen LogP contribution in [0.1, 0.15) is 34.9 Å². The van der Waals surface area contributed by atoms with E-state index < -0.39 is 5.92 Å². The number of carbonyl (C=O) groups is 1. The molecule has 2 heterocycles. The minimum Gasteiger partial charge on any atom is -0.502 e. The van der Waals surface area contributed by atoms with E-state index in [1.807, 2.05) is 12.1 Å². The number of aliphatic hydroxyl groups excluding tert-OH is 1. The van der Waals surface area contributed by atoms with Crippen molar-refractivity contribution in [3.05, 3.63) is 41.0 Å². The highest BCUT2D eigenvalue weighted by atomic mass is 16.7. The summed E-state index contributed by atoms with van der Waals surface area (Å²) in [6.07, 6.45) is 0.513. The molecular formula is C23H24O8. The van der Waals surface area contributed by atoms with E-state index in [-0.39, 0.29) is 54.4 Å². The molecule has 1 saturated heterocycles. The zero-order valence-corrected chi connectivity index (χ0v) is 17.3. The summed E-state index contributed by atoms with van der Waals surface area (Å²) in [7, 11) is 2.93. The molecule has 0 spiro atoms. The van der Waals surface area contributed by atoms with Gasteiger partial charge >= 0.3 is 5.97 Å². The average molecular weight is 428 g/mol. The normalized spacial score (nSPS) is 25.6. The molecule has 0 amide bonds. The Bertz CT molecular complexity index is 1010. The standard InChI is InChI=1S/C23H24O8/c1-27-18-5-11(6-19(28-2)22(18)25)20-14-8-17-16(30-10-31-17)7-13(14)12(3-4-24)15-9-29-23(26)21(15)20/h5-8,12,15,20-21,24-25H,3-4,9-10H2,1-2H3/t12-,15?,20-,21+/m1/s1. The summed E-state index contributed by atoms with van der Waals surface area (Å²) in [6, 6.07) is 7.33. The number of carbonyl (C=O) groups excluding carboxylic acids is 1. The van der Waals surface area contributed by atoms with Crippen LogP contribution < -0.4 is 18.9 Å². The lowest BCUT2D eigenvalue weighted by Gasteiger charge is -2.39. The predicted molar refractivity (Wildman–Crippen MR) is 108 cm³/mol. The number of hydrogen-bond acceptors (Lipinski definition) is 8. The van der Waals surface area contributed by atoms with E-state index in [1.54, 1.807) is 12.1 Å². The lowest BCUT2D eigenvalue weighted by Crippen LogP contribution is -2.35. The Hall–Kier alpha value is -3.13. The molecule has 0 saturated carbocycles. The van der Waals surface area contributed by atoms with Gasteiger partial charge in [-0.25, -0.2) is 0 Å². The van der Waals surface area contributed by atoms with Crippen LogP contribution in [0.5, 0.6) is 28.7 Å². The van der Waals surface area contributed by atoms with Crippen LogP contribution >= 0.6 is 0 Å². The number of aromatic hydroxyl groups is 1. The molecule has 2 aromatic rings. The van der Waals surface area contributed by atoms with Gasteiger partial charge in [-0.3, -0.25) is 4.79 Å². The number of rotatable bonds is 5. The van der Waals surface area contributed by atoms with Crippen LogP contribution in [0.25, 0.3) is 0 Å². The molecule has 1 aliphatic carbocycles. The maximum absolute atomic E-state index is 12.9. The number of esters is 1. The number of aliphatic hydroxyl groups is 1. The summed E-state index contributed by atoms with van der Waals surface area (Å²) in [5.41, 5.74) is 2.69. The van der Waals surface area contributed by atoms with Gasteiger partial charge in [0.25, 0.3) is 0 Å². The second-order valence-electron chi connectivity index (χ2n) is 8.02. The smallest absolute Gasteiger partial charge is 0.310 e. The van der Waals surface area contributed by atoms with Crippen molar-refractivity contribution in [2.45, 2.75) is 18.3 Å². The average Bonchev–Trinajstić information content (AvgIpc) is 3.39. The SMILES string of the molecule is COc1cc([C@@H]2c3cc4c(cc3[C@@H](CCO)C3COC(=O)[C@@H]32)OCO4)cc(OC)c1O. The van der Waals surface area contributed by atoms with Crippen molar-refractivity contribution in [2.75, 3.05) is 34.2 Å². The molecule has 0 bridgehead atoms. The number of ether oxygens (including phenoxy) is 5. The summed E-state index contributed by atoms with van der Waals surface area (Å²) in [6.45, 7) is 0.440. The summed E-state index contributed by atoms with van der Waals surface area (Å²) in [5.74, 6) is 0.483. The van der Waals surface area contributed by atoms with Crippen molar-refractivity contribution >= 4 is 5.97 Å². The van der Waals surface area contributed by atoms with Gasteiger partial charge in [0.1, 0.15) is 0 Å². The van der Waals surface area contributed by atoms with E-state index in [1.165, 1.54) is 14.2 Å². The van der Waals surface area contributed by atoms with Gasteiger partial charge in [0, 0.05) is 18.4 Å². The van der Waals surface area contributed by atoms with Crippen molar-refractivity contribution in [3.63, 3.8) is 0 Å². The van der Waals surface area contributed by atoms with Crippen molar-refractivity contribution < 1.29 is 38.7 Å². The van der Waals surface area contributed by atoms with Gasteiger partial charge in [0.05, 0.1) is 26.7 Å². The van der Waals surface area contributed by atoms with Gasteiger partial charge < -0.3 is 33.9 Å². The zero-order chi connectivity index (χ0) is 21.7. The quantitative estimate of drug-likeness (QED) is 0.701. The third-order valence-electron chi connectivity index (χ3n) is 6.64. The highest BCUT2D eigenvalue weighted by Crippen LogP contribution is 2.56. The third-order valence-corrected chi connectivity index (χ3v) is 6.64. The molecule has 0 radical (unpaired) electrons. The summed E-state index contributed by atoms with van der Waals surface area (Å²) < 4.78 is 27.4. The van der Waals surface area contributed by atoms with Crippen LogP contribution in [0.2, 0.25) is 0 Å². The lowest BCUT2D eigenvalue weighted by atomic mass is 9.62. The molecule has 2 aromatic carbocycles. The first-order valence-corrected chi connectivity index (χ1v) is 10.2. The molecular weight excluding hydrogens is 404 g/mol. The molecule has 0 aromatic heterocycles. The van der Waals surface area contributed by atoms with Crippen LogP contribution in [-0.2, 0) is 9.53 Å². The number of methoxy groups -OCH3 is 2. The Balaban J connectivity index is 1.75. The Morgan fingerprint density at radius 2 is 1.65 bits per heavy atom. The van der Waals surface area contributed by atoms with Crippen molar-refractivity contribution in [1.29, 1.82) is 0 Å². The van der Waals surface area contributed by atoms with Crippen molar-refractivity contribution in [1.82, 2.24) is 0 Å². The van der Waals surface area contributed by atoms with Crippen LogP contribution in [0.4, 0.5) is 0 Å². The van der Waals surface area contributed by atoms with Gasteiger partial charge in [0.2, 0.25) is 12.5 Å². The van der Waals surface area contributed by atoms with Crippen LogP contribution in [0.3, 0.4) is 0 Å². The third kappa shape index (κ3) is 2.96. The highest BCUT2D eigenvalue weighted by molar-refractivity contribution is 5.79. The molecule has 1 unspecified atom stereocenters. The van der Waals surface area contributed by atoms with Crippen LogP contribution in [0, 0.1) is 11.8 Å². The monoisotopic (exact) mass is 428 g/mol. The Kier molecular flexibility index (Phi) is 4.81. The Morgan fingerprint density at radius 3 is 2.26 bits per heavy atom. The fourth-order valence-corrected chi connectivity index (χ4v) is 5.28. The van der Waals surface area contributed by atoms with Crippen molar-refractivity contribution in [3.8, 4) is 28.7 Å². The first kappa shape index (κ1) is 19.8. The summed E-state index contributed by atoms with van der Waals surface area (Å²) >= 11 is 0. The van der Waals surface area contributed by atoms with E-state index in [4.69, 9.17) is 23.7 Å². The fourth-order valence-electron chi connectivity index (χ4n) is 5.28. The van der Waals surface area contributed by atoms with E-state index in [9.17, 15) is 15.0 Å². The molecule has 8 nitrogen and oxygen atoms in total. The largest absolute Gasteiger partial charge is 0.502 e. The number of phenolic OH excluding ortho intramolecular Hbond substituents is 1. The number of phenols is 1. The summed E-state index contributed by atoms with van der Waals surface area (Å²) in [4.78, 5) is 12.9. The van der Waals surface area contributed by atoms with E-state index in [2.05, 4.69) is 0 Å². The van der Waals surface area contributed by atoms with Gasteiger partial charge in [-0.1, -0.05) is 0 Å². The van der Waals surface area contributed by atoms with E-state index in [0.29, 0.717) is 24.5 Å². The fraction of sp³-hybridized carbons (Fsp3) is 0.435. The number of hydrogen-bond donors (Lipinski definition) is 2. The minimum absolute atomic E-state index is 0.00147. The van der Waals surface area contributed by atoms with Gasteiger partial charge in [-0.15, -0.1) is 0 Å². The second kappa shape index (κ2) is 7.53. The molecule has 31 heavy (non-hydrogen) atoms. The van der Waals surface area contributed by atoms with E-state index >= 15 is 0 Å². The Labute approximate surface area is 179 Å². The topological polar surface area (TPSA) is 104 Å². The number of benzene rings is 2. The van der Waals surface area contributed by atoms with Crippen LogP contribution in [0.15, 0.2) is 24.3 Å². The molecule has 4 atom stereocenters. The molecule has 8 heteroatoms. The first-order valence-electron chi connectivity index (χ1n) is 10.2. The predicted octanol–water partition coefficient (Wildman–Crippen LogP) is 2.54. The van der Waals surface area contributed by atoms with Gasteiger partial charge in [-0.05, 0) is 53.3 Å². The summed E-state index contributed by atoms with van der Waals surface area (Å²) in [5, 5.41) is 20.1. The highest BCUT2D eigenvalue weighted by Gasteiger charge is 2.52. The number of fused-ring (bicyclic) bond motifs is 3. The first-order chi connectivity index (χ1) is 15.1. The number of cyclic esters (lactones) is 1. The molecule has 5 rings (SSSR count).